The molecule has 0 radical (unpaired) electrons. The van der Waals surface area contributed by atoms with Gasteiger partial charge >= 0.3 is 0 Å². The van der Waals surface area contributed by atoms with Crippen molar-refractivity contribution in [3.63, 3.8) is 0 Å². The average molecular weight is 382 g/mol. The summed E-state index contributed by atoms with van der Waals surface area (Å²) in [6.07, 6.45) is 0.191. The van der Waals surface area contributed by atoms with Gasteiger partial charge < -0.3 is 15.4 Å². The second-order valence-corrected chi connectivity index (χ2v) is 7.32. The summed E-state index contributed by atoms with van der Waals surface area (Å²) >= 11 is 11.9. The van der Waals surface area contributed by atoms with Gasteiger partial charge in [0.1, 0.15) is 5.75 Å². The summed E-state index contributed by atoms with van der Waals surface area (Å²) in [5.41, 5.74) is 6.02. The van der Waals surface area contributed by atoms with Crippen molar-refractivity contribution in [1.82, 2.24) is 4.90 Å². The summed E-state index contributed by atoms with van der Waals surface area (Å²) in [5.74, 6) is 0.408. The number of carbonyl (C=O) groups excluding carboxylic acids is 1. The Morgan fingerprint density at radius 3 is 2.65 bits per heavy atom. The summed E-state index contributed by atoms with van der Waals surface area (Å²) in [4.78, 5) is 14.4. The molecule has 2 rings (SSSR count). The van der Waals surface area contributed by atoms with Gasteiger partial charge in [0.05, 0.1) is 5.02 Å². The molecule has 2 unspecified atom stereocenters. The van der Waals surface area contributed by atoms with Crippen LogP contribution in [0.5, 0.6) is 5.75 Å². The van der Waals surface area contributed by atoms with E-state index in [9.17, 15) is 4.79 Å². The van der Waals surface area contributed by atoms with Crippen molar-refractivity contribution in [3.8, 4) is 5.75 Å². The standard InChI is InChI=1S/C16H22Cl2N2O2.ClH/c1-10(22-13-5-4-11(17)8-12(13)18)15(21)20-7-6-14(19)16(2,3)9-20;/h4-5,8,10,14H,6-7,9,19H2,1-3H3;1H. The molecular weight excluding hydrogens is 359 g/mol. The molecule has 4 nitrogen and oxygen atoms in total. The maximum atomic E-state index is 12.6. The SMILES string of the molecule is CC(Oc1ccc(Cl)cc1Cl)C(=O)N1CCC(N)C(C)(C)C1.Cl. The van der Waals surface area contributed by atoms with E-state index in [0.717, 1.165) is 6.42 Å². The lowest BCUT2D eigenvalue weighted by molar-refractivity contribution is -0.141. The number of benzene rings is 1. The maximum Gasteiger partial charge on any atom is 0.263 e. The number of ether oxygens (including phenoxy) is 1. The van der Waals surface area contributed by atoms with E-state index < -0.39 is 6.10 Å². The summed E-state index contributed by atoms with van der Waals surface area (Å²) in [6, 6.07) is 5.06. The van der Waals surface area contributed by atoms with Gasteiger partial charge in [-0.2, -0.15) is 0 Å². The fraction of sp³-hybridized carbons (Fsp3) is 0.562. The van der Waals surface area contributed by atoms with E-state index in [1.807, 2.05) is 4.90 Å². The lowest BCUT2D eigenvalue weighted by Gasteiger charge is -2.43. The normalized spacial score (nSPS) is 21.3. The summed E-state index contributed by atoms with van der Waals surface area (Å²) in [6.45, 7) is 7.19. The molecule has 1 heterocycles. The van der Waals surface area contributed by atoms with Gasteiger partial charge in [-0.1, -0.05) is 37.0 Å². The predicted molar refractivity (Wildman–Crippen MR) is 96.8 cm³/mol. The number of nitrogens with two attached hydrogens (primary N) is 1. The van der Waals surface area contributed by atoms with Gasteiger partial charge in [0.2, 0.25) is 0 Å². The zero-order chi connectivity index (χ0) is 16.5. The highest BCUT2D eigenvalue weighted by molar-refractivity contribution is 6.35. The second kappa shape index (κ2) is 7.93. The quantitative estimate of drug-likeness (QED) is 0.867. The molecule has 23 heavy (non-hydrogen) atoms. The van der Waals surface area contributed by atoms with Gasteiger partial charge in [-0.25, -0.2) is 0 Å². The molecule has 0 spiro atoms. The van der Waals surface area contributed by atoms with Gasteiger partial charge in [-0.05, 0) is 37.0 Å². The number of amides is 1. The van der Waals surface area contributed by atoms with E-state index in [1.54, 1.807) is 25.1 Å². The molecule has 0 bridgehead atoms. The lowest BCUT2D eigenvalue weighted by atomic mass is 9.79. The van der Waals surface area contributed by atoms with Crippen molar-refractivity contribution in [2.45, 2.75) is 39.3 Å². The first kappa shape index (κ1) is 20.4. The van der Waals surface area contributed by atoms with Gasteiger partial charge in [-0.3, -0.25) is 4.79 Å². The highest BCUT2D eigenvalue weighted by atomic mass is 35.5. The van der Waals surface area contributed by atoms with Crippen LogP contribution >= 0.6 is 35.6 Å². The number of hydrogen-bond acceptors (Lipinski definition) is 3. The Hall–Kier alpha value is -0.680. The first-order valence-electron chi connectivity index (χ1n) is 7.37. The molecule has 1 aromatic carbocycles. The minimum Gasteiger partial charge on any atom is -0.479 e. The number of carbonyl (C=O) groups is 1. The Morgan fingerprint density at radius 2 is 2.09 bits per heavy atom. The number of likely N-dealkylation sites (tertiary alicyclic amines) is 1. The van der Waals surface area contributed by atoms with Crippen LogP contribution in [0.1, 0.15) is 27.2 Å². The third-order valence-electron chi connectivity index (χ3n) is 4.17. The highest BCUT2D eigenvalue weighted by Gasteiger charge is 2.36. The fourth-order valence-corrected chi connectivity index (χ4v) is 3.08. The van der Waals surface area contributed by atoms with Crippen molar-refractivity contribution < 1.29 is 9.53 Å². The second-order valence-electron chi connectivity index (χ2n) is 6.48. The van der Waals surface area contributed by atoms with Crippen LogP contribution in [0.4, 0.5) is 0 Å². The Morgan fingerprint density at radius 1 is 1.43 bits per heavy atom. The van der Waals surface area contributed by atoms with Crippen molar-refractivity contribution in [3.05, 3.63) is 28.2 Å². The van der Waals surface area contributed by atoms with E-state index in [0.29, 0.717) is 28.9 Å². The van der Waals surface area contributed by atoms with E-state index >= 15 is 0 Å². The van der Waals surface area contributed by atoms with Crippen LogP contribution in [0.15, 0.2) is 18.2 Å². The molecule has 1 saturated heterocycles. The molecule has 2 atom stereocenters. The molecule has 0 aliphatic carbocycles. The summed E-state index contributed by atoms with van der Waals surface area (Å²) in [7, 11) is 0. The number of halogens is 3. The Balaban J connectivity index is 0.00000264. The van der Waals surface area contributed by atoms with Crippen LogP contribution in [0.3, 0.4) is 0 Å². The fourth-order valence-electron chi connectivity index (χ4n) is 2.63. The molecule has 1 fully saturated rings. The molecule has 0 saturated carbocycles. The number of piperidine rings is 1. The van der Waals surface area contributed by atoms with Crippen LogP contribution in [-0.4, -0.2) is 36.0 Å². The molecule has 1 aromatic rings. The first-order valence-corrected chi connectivity index (χ1v) is 8.12. The molecule has 130 valence electrons. The van der Waals surface area contributed by atoms with Gasteiger partial charge in [0, 0.05) is 24.2 Å². The summed E-state index contributed by atoms with van der Waals surface area (Å²) < 4.78 is 5.70. The lowest BCUT2D eigenvalue weighted by Crippen LogP contribution is -2.56. The van der Waals surface area contributed by atoms with Crippen LogP contribution in [-0.2, 0) is 4.79 Å². The smallest absolute Gasteiger partial charge is 0.263 e. The molecular formula is C16H23Cl3N2O2. The van der Waals surface area contributed by atoms with Gasteiger partial charge in [-0.15, -0.1) is 12.4 Å². The summed E-state index contributed by atoms with van der Waals surface area (Å²) in [5, 5.41) is 0.927. The molecule has 2 N–H and O–H groups in total. The Kier molecular flexibility index (Phi) is 7.02. The monoisotopic (exact) mass is 380 g/mol. The number of nitrogens with zero attached hydrogens (tertiary/aromatic N) is 1. The topological polar surface area (TPSA) is 55.6 Å². The van der Waals surface area contributed by atoms with Crippen molar-refractivity contribution in [2.75, 3.05) is 13.1 Å². The predicted octanol–water partition coefficient (Wildman–Crippen LogP) is 3.77. The zero-order valence-corrected chi connectivity index (χ0v) is 15.8. The minimum atomic E-state index is -0.608. The van der Waals surface area contributed by atoms with Crippen LogP contribution in [0, 0.1) is 5.41 Å². The van der Waals surface area contributed by atoms with E-state index in [2.05, 4.69) is 13.8 Å². The van der Waals surface area contributed by atoms with Crippen molar-refractivity contribution in [1.29, 1.82) is 0 Å². The minimum absolute atomic E-state index is 0. The average Bonchev–Trinajstić information content (AvgIpc) is 2.44. The third kappa shape index (κ3) is 4.90. The van der Waals surface area contributed by atoms with Crippen LogP contribution in [0.2, 0.25) is 10.0 Å². The molecule has 1 aliphatic rings. The maximum absolute atomic E-state index is 12.6. The Labute approximate surface area is 153 Å². The molecule has 1 amide bonds. The Bertz CT molecular complexity index is 566. The van der Waals surface area contributed by atoms with Crippen molar-refractivity contribution >= 4 is 41.5 Å². The molecule has 7 heteroatoms. The van der Waals surface area contributed by atoms with Gasteiger partial charge in [0.25, 0.3) is 5.91 Å². The zero-order valence-electron chi connectivity index (χ0n) is 13.5. The van der Waals surface area contributed by atoms with E-state index in [1.165, 1.54) is 0 Å². The largest absolute Gasteiger partial charge is 0.479 e. The molecule has 1 aliphatic heterocycles. The third-order valence-corrected chi connectivity index (χ3v) is 4.70. The van der Waals surface area contributed by atoms with Gasteiger partial charge in [0.15, 0.2) is 6.10 Å². The van der Waals surface area contributed by atoms with Crippen LogP contribution in [0.25, 0.3) is 0 Å². The number of rotatable bonds is 3. The van der Waals surface area contributed by atoms with E-state index in [-0.39, 0.29) is 29.8 Å². The highest BCUT2D eigenvalue weighted by Crippen LogP contribution is 2.30. The van der Waals surface area contributed by atoms with E-state index in [4.69, 9.17) is 33.7 Å². The number of hydrogen-bond donors (Lipinski definition) is 1. The van der Waals surface area contributed by atoms with Crippen LogP contribution < -0.4 is 10.5 Å². The first-order chi connectivity index (χ1) is 10.2. The molecule has 0 aromatic heterocycles. The van der Waals surface area contributed by atoms with Crippen molar-refractivity contribution in [2.24, 2.45) is 11.1 Å².